The summed E-state index contributed by atoms with van der Waals surface area (Å²) in [6, 6.07) is 15.1. The first-order valence-corrected chi connectivity index (χ1v) is 7.00. The molecule has 4 nitrogen and oxygen atoms in total. The number of hydrogen-bond acceptors (Lipinski definition) is 3. The van der Waals surface area contributed by atoms with E-state index >= 15 is 0 Å². The molecule has 0 saturated heterocycles. The number of carbonyl (C=O) groups excluding carboxylic acids is 1. The van der Waals surface area contributed by atoms with E-state index in [1.165, 1.54) is 0 Å². The van der Waals surface area contributed by atoms with E-state index in [-0.39, 0.29) is 5.91 Å². The Kier molecular flexibility index (Phi) is 5.35. The van der Waals surface area contributed by atoms with E-state index in [1.54, 1.807) is 13.1 Å². The molecule has 0 bridgehead atoms. The maximum absolute atomic E-state index is 12.4. The largest absolute Gasteiger partial charge is 0.387 e. The standard InChI is InChI=1S/C17H20N2O2/c1-3-21-12-13-8-4-6-10-15(13)19-17(20)14-9-5-7-11-16(14)18-2/h4-11,18H,3,12H2,1-2H3,(H,19,20). The van der Waals surface area contributed by atoms with Crippen molar-refractivity contribution < 1.29 is 9.53 Å². The van der Waals surface area contributed by atoms with Crippen LogP contribution < -0.4 is 10.6 Å². The monoisotopic (exact) mass is 284 g/mol. The summed E-state index contributed by atoms with van der Waals surface area (Å²) in [4.78, 5) is 12.4. The summed E-state index contributed by atoms with van der Waals surface area (Å²) >= 11 is 0. The average Bonchev–Trinajstić information content (AvgIpc) is 2.54. The van der Waals surface area contributed by atoms with E-state index < -0.39 is 0 Å². The van der Waals surface area contributed by atoms with E-state index in [1.807, 2.05) is 49.4 Å². The Labute approximate surface area is 125 Å². The maximum atomic E-state index is 12.4. The Morgan fingerprint density at radius 1 is 1.05 bits per heavy atom. The molecular weight excluding hydrogens is 264 g/mol. The van der Waals surface area contributed by atoms with Crippen molar-refractivity contribution in [1.29, 1.82) is 0 Å². The summed E-state index contributed by atoms with van der Waals surface area (Å²) in [7, 11) is 1.80. The number of rotatable bonds is 6. The lowest BCUT2D eigenvalue weighted by atomic mass is 10.1. The number of hydrogen-bond donors (Lipinski definition) is 2. The number of amides is 1. The Hall–Kier alpha value is -2.33. The van der Waals surface area contributed by atoms with Crippen molar-refractivity contribution in [2.45, 2.75) is 13.5 Å². The minimum atomic E-state index is -0.135. The minimum absolute atomic E-state index is 0.135. The lowest BCUT2D eigenvalue weighted by molar-refractivity contribution is 0.102. The topological polar surface area (TPSA) is 50.4 Å². The molecule has 4 heteroatoms. The molecule has 1 amide bonds. The van der Waals surface area contributed by atoms with Gasteiger partial charge < -0.3 is 15.4 Å². The van der Waals surface area contributed by atoms with Crippen LogP contribution in [-0.2, 0) is 11.3 Å². The third-order valence-corrected chi connectivity index (χ3v) is 3.17. The van der Waals surface area contributed by atoms with Gasteiger partial charge >= 0.3 is 0 Å². The van der Waals surface area contributed by atoms with Gasteiger partial charge in [0.05, 0.1) is 12.2 Å². The Morgan fingerprint density at radius 3 is 2.43 bits per heavy atom. The molecule has 0 spiro atoms. The predicted octanol–water partition coefficient (Wildman–Crippen LogP) is 3.52. The molecule has 2 aromatic rings. The highest BCUT2D eigenvalue weighted by Crippen LogP contribution is 2.20. The Bertz CT molecular complexity index is 611. The van der Waals surface area contributed by atoms with Crippen molar-refractivity contribution >= 4 is 17.3 Å². The predicted molar refractivity (Wildman–Crippen MR) is 85.7 cm³/mol. The second-order valence-electron chi connectivity index (χ2n) is 4.54. The molecule has 0 aliphatic heterocycles. The zero-order chi connectivity index (χ0) is 15.1. The SMILES string of the molecule is CCOCc1ccccc1NC(=O)c1ccccc1NC. The zero-order valence-corrected chi connectivity index (χ0v) is 12.3. The van der Waals surface area contributed by atoms with Crippen molar-refractivity contribution in [2.24, 2.45) is 0 Å². The molecule has 2 rings (SSSR count). The van der Waals surface area contributed by atoms with Crippen LogP contribution in [0.2, 0.25) is 0 Å². The van der Waals surface area contributed by atoms with Gasteiger partial charge in [-0.3, -0.25) is 4.79 Å². The van der Waals surface area contributed by atoms with Crippen LogP contribution in [0.5, 0.6) is 0 Å². The number of nitrogens with one attached hydrogen (secondary N) is 2. The number of carbonyl (C=O) groups is 1. The lowest BCUT2D eigenvalue weighted by Gasteiger charge is -2.13. The first-order valence-electron chi connectivity index (χ1n) is 7.00. The summed E-state index contributed by atoms with van der Waals surface area (Å²) in [5, 5.41) is 5.98. The fourth-order valence-corrected chi connectivity index (χ4v) is 2.07. The fraction of sp³-hybridized carbons (Fsp3) is 0.235. The third-order valence-electron chi connectivity index (χ3n) is 3.17. The normalized spacial score (nSPS) is 10.2. The minimum Gasteiger partial charge on any atom is -0.387 e. The Morgan fingerprint density at radius 2 is 1.71 bits per heavy atom. The number of anilines is 2. The molecule has 0 unspecified atom stereocenters. The molecule has 0 saturated carbocycles. The molecule has 21 heavy (non-hydrogen) atoms. The van der Waals surface area contributed by atoms with Gasteiger partial charge in [0.25, 0.3) is 5.91 Å². The molecule has 0 heterocycles. The van der Waals surface area contributed by atoms with Crippen LogP contribution in [0.15, 0.2) is 48.5 Å². The fourth-order valence-electron chi connectivity index (χ4n) is 2.07. The van der Waals surface area contributed by atoms with E-state index in [2.05, 4.69) is 10.6 Å². The highest BCUT2D eigenvalue weighted by atomic mass is 16.5. The van der Waals surface area contributed by atoms with Gasteiger partial charge in [-0.1, -0.05) is 30.3 Å². The molecule has 0 aromatic heterocycles. The van der Waals surface area contributed by atoms with Crippen LogP contribution >= 0.6 is 0 Å². The van der Waals surface area contributed by atoms with Crippen LogP contribution in [0, 0.1) is 0 Å². The van der Waals surface area contributed by atoms with E-state index in [0.29, 0.717) is 18.8 Å². The molecule has 0 atom stereocenters. The molecule has 0 aliphatic carbocycles. The quantitative estimate of drug-likeness (QED) is 0.853. The van der Waals surface area contributed by atoms with Crippen LogP contribution in [0.4, 0.5) is 11.4 Å². The van der Waals surface area contributed by atoms with Gasteiger partial charge in [0.15, 0.2) is 0 Å². The van der Waals surface area contributed by atoms with Crippen molar-refractivity contribution in [3.8, 4) is 0 Å². The van der Waals surface area contributed by atoms with Crippen LogP contribution in [0.25, 0.3) is 0 Å². The molecule has 2 N–H and O–H groups in total. The van der Waals surface area contributed by atoms with Crippen LogP contribution in [0.1, 0.15) is 22.8 Å². The number of benzene rings is 2. The summed E-state index contributed by atoms with van der Waals surface area (Å²) in [6.07, 6.45) is 0. The summed E-state index contributed by atoms with van der Waals surface area (Å²) < 4.78 is 5.43. The Balaban J connectivity index is 2.19. The van der Waals surface area contributed by atoms with Crippen LogP contribution in [0.3, 0.4) is 0 Å². The summed E-state index contributed by atoms with van der Waals surface area (Å²) in [5.41, 5.74) is 3.17. The molecular formula is C17H20N2O2. The summed E-state index contributed by atoms with van der Waals surface area (Å²) in [6.45, 7) is 3.08. The van der Waals surface area contributed by atoms with Gasteiger partial charge in [0.2, 0.25) is 0 Å². The average molecular weight is 284 g/mol. The highest BCUT2D eigenvalue weighted by Gasteiger charge is 2.12. The third kappa shape index (κ3) is 3.83. The van der Waals surface area contributed by atoms with E-state index in [9.17, 15) is 4.79 Å². The van der Waals surface area contributed by atoms with Gasteiger partial charge in [-0.05, 0) is 25.1 Å². The van der Waals surface area contributed by atoms with Crippen LogP contribution in [-0.4, -0.2) is 19.6 Å². The smallest absolute Gasteiger partial charge is 0.257 e. The molecule has 2 aromatic carbocycles. The van der Waals surface area contributed by atoms with Gasteiger partial charge in [-0.15, -0.1) is 0 Å². The highest BCUT2D eigenvalue weighted by molar-refractivity contribution is 6.08. The summed E-state index contributed by atoms with van der Waals surface area (Å²) in [5.74, 6) is -0.135. The van der Waals surface area contributed by atoms with Crippen molar-refractivity contribution in [3.05, 3.63) is 59.7 Å². The second kappa shape index (κ2) is 7.45. The maximum Gasteiger partial charge on any atom is 0.257 e. The van der Waals surface area contributed by atoms with Crippen molar-refractivity contribution in [2.75, 3.05) is 24.3 Å². The number of para-hydroxylation sites is 2. The van der Waals surface area contributed by atoms with E-state index in [4.69, 9.17) is 4.74 Å². The van der Waals surface area contributed by atoms with Gasteiger partial charge in [0, 0.05) is 30.6 Å². The zero-order valence-electron chi connectivity index (χ0n) is 12.3. The molecule has 110 valence electrons. The first-order chi connectivity index (χ1) is 10.3. The van der Waals surface area contributed by atoms with Gasteiger partial charge in [0.1, 0.15) is 0 Å². The van der Waals surface area contributed by atoms with Crippen molar-refractivity contribution in [1.82, 2.24) is 0 Å². The lowest BCUT2D eigenvalue weighted by Crippen LogP contribution is -2.15. The molecule has 0 radical (unpaired) electrons. The van der Waals surface area contributed by atoms with Gasteiger partial charge in [-0.2, -0.15) is 0 Å². The molecule has 0 fully saturated rings. The van der Waals surface area contributed by atoms with Crippen molar-refractivity contribution in [3.63, 3.8) is 0 Å². The molecule has 0 aliphatic rings. The second-order valence-corrected chi connectivity index (χ2v) is 4.54. The van der Waals surface area contributed by atoms with E-state index in [0.717, 1.165) is 16.9 Å². The van der Waals surface area contributed by atoms with Gasteiger partial charge in [-0.25, -0.2) is 0 Å². The number of ether oxygens (including phenoxy) is 1. The first kappa shape index (κ1) is 15.1.